The zero-order valence-electron chi connectivity index (χ0n) is 11.5. The van der Waals surface area contributed by atoms with Crippen LogP contribution in [0.15, 0.2) is 18.2 Å². The molecule has 0 fully saturated rings. The molecule has 3 nitrogen and oxygen atoms in total. The number of aromatic nitrogens is 3. The number of hydrogen-bond donors (Lipinski definition) is 0. The van der Waals surface area contributed by atoms with Gasteiger partial charge in [0, 0.05) is 0 Å². The van der Waals surface area contributed by atoms with Crippen LogP contribution in [0.3, 0.4) is 0 Å². The SMILES string of the molecule is Cc1[c]([SnH3])nnn1Cc1cc(C(F)(F)F)cc(C(F)(F)F)c1. The fourth-order valence-corrected chi connectivity index (χ4v) is 2.87. The monoisotopic (exact) mass is 431 g/mol. The molecule has 0 aliphatic heterocycles. The molecule has 1 heterocycles. The Bertz CT molecular complexity index is 657. The summed E-state index contributed by atoms with van der Waals surface area (Å²) < 4.78 is 78.7. The Hall–Kier alpha value is -1.26. The molecule has 120 valence electrons. The van der Waals surface area contributed by atoms with Crippen LogP contribution in [0.5, 0.6) is 0 Å². The van der Waals surface area contributed by atoms with Crippen molar-refractivity contribution in [2.45, 2.75) is 25.8 Å². The fraction of sp³-hybridized carbons (Fsp3) is 0.333. The second-order valence-electron chi connectivity index (χ2n) is 4.83. The zero-order chi connectivity index (χ0) is 16.7. The van der Waals surface area contributed by atoms with Crippen molar-refractivity contribution in [3.63, 3.8) is 0 Å². The molecule has 0 spiro atoms. The maximum atomic E-state index is 12.8. The summed E-state index contributed by atoms with van der Waals surface area (Å²) in [5, 5.41) is 7.57. The molecule has 0 radical (unpaired) electrons. The number of rotatable bonds is 2. The van der Waals surface area contributed by atoms with Crippen LogP contribution in [0, 0.1) is 6.92 Å². The average Bonchev–Trinajstić information content (AvgIpc) is 2.68. The Balaban J connectivity index is 2.49. The van der Waals surface area contributed by atoms with Crippen molar-refractivity contribution < 1.29 is 26.3 Å². The van der Waals surface area contributed by atoms with E-state index in [0.29, 0.717) is 17.8 Å². The van der Waals surface area contributed by atoms with Gasteiger partial charge in [-0.1, -0.05) is 0 Å². The summed E-state index contributed by atoms with van der Waals surface area (Å²) >= 11 is 0.0518. The topological polar surface area (TPSA) is 30.7 Å². The molecule has 1 aromatic carbocycles. The number of alkyl halides is 6. The van der Waals surface area contributed by atoms with Gasteiger partial charge in [0.1, 0.15) is 0 Å². The third-order valence-electron chi connectivity index (χ3n) is 3.19. The van der Waals surface area contributed by atoms with Crippen LogP contribution < -0.4 is 3.71 Å². The minimum absolute atomic E-state index is 0.0518. The Labute approximate surface area is 134 Å². The van der Waals surface area contributed by atoms with Gasteiger partial charge < -0.3 is 0 Å². The summed E-state index contributed by atoms with van der Waals surface area (Å²) in [4.78, 5) is 0. The molecule has 2 aromatic rings. The van der Waals surface area contributed by atoms with Gasteiger partial charge in [-0.05, 0) is 0 Å². The van der Waals surface area contributed by atoms with E-state index in [-0.39, 0.29) is 40.7 Å². The van der Waals surface area contributed by atoms with Crippen molar-refractivity contribution in [2.75, 3.05) is 0 Å². The van der Waals surface area contributed by atoms with Gasteiger partial charge in [-0.15, -0.1) is 0 Å². The van der Waals surface area contributed by atoms with E-state index in [1.807, 2.05) is 0 Å². The van der Waals surface area contributed by atoms with Crippen LogP contribution in [0.1, 0.15) is 22.4 Å². The minimum atomic E-state index is -4.85. The van der Waals surface area contributed by atoms with Crippen LogP contribution in [-0.2, 0) is 18.9 Å². The predicted molar refractivity (Wildman–Crippen MR) is 69.9 cm³/mol. The molecular formula is C12H11F6N3Sn. The molecule has 0 saturated carbocycles. The Kier molecular flexibility index (Phi) is 4.46. The van der Waals surface area contributed by atoms with Gasteiger partial charge in [-0.3, -0.25) is 0 Å². The van der Waals surface area contributed by atoms with Crippen LogP contribution in [0.4, 0.5) is 26.3 Å². The first-order valence-electron chi connectivity index (χ1n) is 6.13. The summed E-state index contributed by atoms with van der Waals surface area (Å²) in [6.45, 7) is 1.50. The van der Waals surface area contributed by atoms with E-state index in [1.54, 1.807) is 6.92 Å². The van der Waals surface area contributed by atoms with Gasteiger partial charge >= 0.3 is 134 Å². The van der Waals surface area contributed by atoms with E-state index in [1.165, 1.54) is 4.68 Å². The van der Waals surface area contributed by atoms with E-state index < -0.39 is 23.5 Å². The molecule has 22 heavy (non-hydrogen) atoms. The fourth-order valence-electron chi connectivity index (χ4n) is 1.88. The van der Waals surface area contributed by atoms with Crippen LogP contribution in [0.25, 0.3) is 0 Å². The van der Waals surface area contributed by atoms with Crippen molar-refractivity contribution in [3.8, 4) is 0 Å². The maximum absolute atomic E-state index is 12.8. The molecule has 0 saturated heterocycles. The summed E-state index contributed by atoms with van der Waals surface area (Å²) in [6.07, 6.45) is -9.69. The summed E-state index contributed by atoms with van der Waals surface area (Å²) in [5.41, 5.74) is -2.11. The van der Waals surface area contributed by atoms with Crippen LogP contribution in [0.2, 0.25) is 0 Å². The molecule has 0 amide bonds. The number of benzene rings is 1. The van der Waals surface area contributed by atoms with Gasteiger partial charge in [0.15, 0.2) is 0 Å². The second-order valence-corrected chi connectivity index (χ2v) is 7.54. The summed E-state index contributed by atoms with van der Waals surface area (Å²) in [5.74, 6) is 0. The van der Waals surface area contributed by atoms with Gasteiger partial charge in [0.2, 0.25) is 0 Å². The molecular weight excluding hydrogens is 419 g/mol. The summed E-state index contributed by atoms with van der Waals surface area (Å²) in [7, 11) is 0. The first kappa shape index (κ1) is 17.1. The first-order chi connectivity index (χ1) is 9.98. The van der Waals surface area contributed by atoms with Crippen molar-refractivity contribution in [3.05, 3.63) is 40.6 Å². The average molecular weight is 430 g/mol. The van der Waals surface area contributed by atoms with Crippen molar-refractivity contribution >= 4 is 26.2 Å². The number of nitrogens with zero attached hydrogens (tertiary/aromatic N) is 3. The van der Waals surface area contributed by atoms with Gasteiger partial charge in [-0.25, -0.2) is 0 Å². The number of halogens is 6. The van der Waals surface area contributed by atoms with Crippen LogP contribution >= 0.6 is 0 Å². The Morgan fingerprint density at radius 2 is 1.50 bits per heavy atom. The van der Waals surface area contributed by atoms with Gasteiger partial charge in [-0.2, -0.15) is 0 Å². The molecule has 0 unspecified atom stereocenters. The Morgan fingerprint density at radius 3 is 1.86 bits per heavy atom. The predicted octanol–water partition coefficient (Wildman–Crippen LogP) is 1.66. The number of hydrogen-bond acceptors (Lipinski definition) is 2. The van der Waals surface area contributed by atoms with E-state index >= 15 is 0 Å². The van der Waals surface area contributed by atoms with E-state index in [2.05, 4.69) is 10.3 Å². The normalized spacial score (nSPS) is 12.9. The molecule has 0 N–H and O–H groups in total. The van der Waals surface area contributed by atoms with Crippen LogP contribution in [-0.4, -0.2) is 37.5 Å². The van der Waals surface area contributed by atoms with Gasteiger partial charge in [0.25, 0.3) is 0 Å². The van der Waals surface area contributed by atoms with Crippen molar-refractivity contribution in [1.82, 2.24) is 15.0 Å². The third-order valence-corrected chi connectivity index (χ3v) is 5.83. The first-order valence-corrected chi connectivity index (χ1v) is 8.99. The van der Waals surface area contributed by atoms with E-state index in [9.17, 15) is 26.3 Å². The van der Waals surface area contributed by atoms with E-state index in [0.717, 1.165) is 3.71 Å². The van der Waals surface area contributed by atoms with Crippen molar-refractivity contribution in [1.29, 1.82) is 0 Å². The quantitative estimate of drug-likeness (QED) is 0.537. The summed E-state index contributed by atoms with van der Waals surface area (Å²) in [6, 6.07) is 1.52. The standard InChI is InChI=1S/C12H8F6N3.Sn.3H/c1-7-5-19-20-21(7)6-8-2-9(11(13,14)15)4-10(3-8)12(16,17)18;;;;/h2-4H,6H2,1H3;;;;. The molecule has 0 aliphatic carbocycles. The third kappa shape index (κ3) is 3.73. The molecule has 0 atom stereocenters. The molecule has 0 aliphatic rings. The van der Waals surface area contributed by atoms with Gasteiger partial charge in [0.05, 0.1) is 0 Å². The van der Waals surface area contributed by atoms with Crippen molar-refractivity contribution in [2.24, 2.45) is 0 Å². The zero-order valence-corrected chi connectivity index (χ0v) is 17.3. The second kappa shape index (κ2) is 5.74. The molecule has 0 bridgehead atoms. The molecule has 1 aromatic heterocycles. The molecule has 2 rings (SSSR count). The molecule has 10 heteroatoms. The Morgan fingerprint density at radius 1 is 1.00 bits per heavy atom. The van der Waals surface area contributed by atoms with E-state index in [4.69, 9.17) is 0 Å².